The van der Waals surface area contributed by atoms with Gasteiger partial charge in [-0.25, -0.2) is 0 Å². The van der Waals surface area contributed by atoms with Crippen molar-refractivity contribution in [3.05, 3.63) is 35.0 Å². The number of fused-ring (bicyclic) bond motifs is 1. The minimum atomic E-state index is -0.105. The largest absolute Gasteiger partial charge is 0.459 e. The maximum Gasteiger partial charge on any atom is 0.134 e. The number of hydrogen-bond acceptors (Lipinski definition) is 3. The number of halogens is 1. The van der Waals surface area contributed by atoms with Crippen molar-refractivity contribution >= 4 is 22.6 Å². The lowest BCUT2D eigenvalue weighted by molar-refractivity contribution is 0.114. The van der Waals surface area contributed by atoms with Crippen molar-refractivity contribution in [3.8, 4) is 0 Å². The molecule has 1 heterocycles. The molecular weight excluding hydrogens is 272 g/mol. The molecule has 3 rings (SSSR count). The van der Waals surface area contributed by atoms with Crippen molar-refractivity contribution < 1.29 is 4.42 Å². The smallest absolute Gasteiger partial charge is 0.134 e. The van der Waals surface area contributed by atoms with Gasteiger partial charge in [0, 0.05) is 15.9 Å². The van der Waals surface area contributed by atoms with E-state index in [1.165, 1.54) is 12.8 Å². The monoisotopic (exact) mass is 292 g/mol. The highest BCUT2D eigenvalue weighted by molar-refractivity contribution is 6.31. The topological polar surface area (TPSA) is 42.4 Å². The van der Waals surface area contributed by atoms with E-state index < -0.39 is 0 Å². The Balaban J connectivity index is 2.00. The first-order valence-corrected chi connectivity index (χ1v) is 7.53. The normalized spacial score (nSPS) is 19.9. The molecule has 108 valence electrons. The molecule has 0 saturated heterocycles. The average molecular weight is 293 g/mol. The Morgan fingerprint density at radius 1 is 1.25 bits per heavy atom. The summed E-state index contributed by atoms with van der Waals surface area (Å²) < 4.78 is 5.96. The zero-order valence-corrected chi connectivity index (χ0v) is 12.8. The van der Waals surface area contributed by atoms with Gasteiger partial charge in [-0.3, -0.25) is 0 Å². The third kappa shape index (κ3) is 2.14. The predicted octanol–water partition coefficient (Wildman–Crippen LogP) is 3.96. The van der Waals surface area contributed by atoms with Gasteiger partial charge in [-0.2, -0.15) is 0 Å². The first kappa shape index (κ1) is 13.9. The van der Waals surface area contributed by atoms with Crippen LogP contribution in [0.3, 0.4) is 0 Å². The number of benzene rings is 1. The maximum absolute atomic E-state index is 6.57. The Labute approximate surface area is 124 Å². The van der Waals surface area contributed by atoms with Gasteiger partial charge in [0.05, 0.1) is 6.04 Å². The highest BCUT2D eigenvalue weighted by Gasteiger charge is 2.43. The minimum Gasteiger partial charge on any atom is -0.459 e. The van der Waals surface area contributed by atoms with Crippen molar-refractivity contribution in [2.75, 3.05) is 14.1 Å². The number of rotatable bonds is 3. The first-order valence-electron chi connectivity index (χ1n) is 7.15. The lowest BCUT2D eigenvalue weighted by Crippen LogP contribution is -2.50. The molecule has 3 nitrogen and oxygen atoms in total. The summed E-state index contributed by atoms with van der Waals surface area (Å²) in [6.07, 6.45) is 4.72. The number of furan rings is 1. The van der Waals surface area contributed by atoms with Crippen LogP contribution in [0.2, 0.25) is 5.02 Å². The molecule has 4 heteroatoms. The second-order valence-electron chi connectivity index (χ2n) is 6.01. The zero-order valence-electron chi connectivity index (χ0n) is 12.0. The Morgan fingerprint density at radius 3 is 2.60 bits per heavy atom. The Morgan fingerprint density at radius 2 is 1.95 bits per heavy atom. The molecule has 0 spiro atoms. The summed E-state index contributed by atoms with van der Waals surface area (Å²) in [7, 11) is 4.23. The number of nitrogens with two attached hydrogens (primary N) is 1. The van der Waals surface area contributed by atoms with Crippen molar-refractivity contribution in [2.45, 2.75) is 37.3 Å². The average Bonchev–Trinajstić information content (AvgIpc) is 3.04. The van der Waals surface area contributed by atoms with Gasteiger partial charge < -0.3 is 15.1 Å². The third-order valence-electron chi connectivity index (χ3n) is 4.74. The van der Waals surface area contributed by atoms with Crippen LogP contribution in [-0.2, 0) is 0 Å². The van der Waals surface area contributed by atoms with Gasteiger partial charge in [-0.1, -0.05) is 24.4 Å². The second-order valence-corrected chi connectivity index (χ2v) is 6.45. The Kier molecular flexibility index (Phi) is 3.53. The van der Waals surface area contributed by atoms with Crippen LogP contribution in [-0.4, -0.2) is 24.5 Å². The molecule has 2 N–H and O–H groups in total. The lowest BCUT2D eigenvalue weighted by Gasteiger charge is -2.40. The fourth-order valence-electron chi connectivity index (χ4n) is 3.48. The molecule has 0 amide bonds. The van der Waals surface area contributed by atoms with Gasteiger partial charge in [-0.15, -0.1) is 0 Å². The second kappa shape index (κ2) is 5.06. The molecule has 0 aliphatic heterocycles. The first-order chi connectivity index (χ1) is 9.53. The van der Waals surface area contributed by atoms with Gasteiger partial charge in [-0.05, 0) is 51.2 Å². The SMILES string of the molecule is CN(C)C1(C(N)c2cc3cc(Cl)ccc3o2)CCCC1. The summed E-state index contributed by atoms with van der Waals surface area (Å²) >= 11 is 6.03. The summed E-state index contributed by atoms with van der Waals surface area (Å²) in [5.74, 6) is 0.859. The number of hydrogen-bond donors (Lipinski definition) is 1. The van der Waals surface area contributed by atoms with E-state index in [4.69, 9.17) is 21.8 Å². The molecule has 20 heavy (non-hydrogen) atoms. The predicted molar refractivity (Wildman–Crippen MR) is 83.0 cm³/mol. The minimum absolute atomic E-state index is 0.0116. The summed E-state index contributed by atoms with van der Waals surface area (Å²) in [4.78, 5) is 2.27. The van der Waals surface area contributed by atoms with E-state index in [-0.39, 0.29) is 11.6 Å². The Bertz CT molecular complexity index is 614. The van der Waals surface area contributed by atoms with Crippen LogP contribution in [0.1, 0.15) is 37.5 Å². The molecule has 1 unspecified atom stereocenters. The molecule has 2 aromatic rings. The molecule has 1 aromatic heterocycles. The van der Waals surface area contributed by atoms with E-state index in [0.29, 0.717) is 0 Å². The molecule has 1 aliphatic rings. The van der Waals surface area contributed by atoms with Crippen LogP contribution >= 0.6 is 11.6 Å². The fraction of sp³-hybridized carbons (Fsp3) is 0.500. The van der Waals surface area contributed by atoms with Crippen LogP contribution in [0.25, 0.3) is 11.0 Å². The molecular formula is C16H21ClN2O. The lowest BCUT2D eigenvalue weighted by atomic mass is 9.86. The fourth-order valence-corrected chi connectivity index (χ4v) is 3.66. The van der Waals surface area contributed by atoms with Gasteiger partial charge in [0.15, 0.2) is 0 Å². The van der Waals surface area contributed by atoms with E-state index in [2.05, 4.69) is 19.0 Å². The number of nitrogens with zero attached hydrogens (tertiary/aromatic N) is 1. The highest BCUT2D eigenvalue weighted by Crippen LogP contribution is 2.43. The van der Waals surface area contributed by atoms with Crippen molar-refractivity contribution in [3.63, 3.8) is 0 Å². The Hall–Kier alpha value is -1.03. The standard InChI is InChI=1S/C16H21ClN2O/c1-19(2)16(7-3-4-8-16)15(18)14-10-11-9-12(17)5-6-13(11)20-14/h5-6,9-10,15H,3-4,7-8,18H2,1-2H3. The third-order valence-corrected chi connectivity index (χ3v) is 4.98. The van der Waals surface area contributed by atoms with Crippen LogP contribution in [0.5, 0.6) is 0 Å². The summed E-state index contributed by atoms with van der Waals surface area (Å²) in [6, 6.07) is 7.61. The van der Waals surface area contributed by atoms with Crippen molar-refractivity contribution in [1.82, 2.24) is 4.90 Å². The molecule has 1 aromatic carbocycles. The van der Waals surface area contributed by atoms with E-state index in [9.17, 15) is 0 Å². The summed E-state index contributed by atoms with van der Waals surface area (Å²) in [5, 5.41) is 1.75. The van der Waals surface area contributed by atoms with E-state index in [1.807, 2.05) is 24.3 Å². The maximum atomic E-state index is 6.57. The molecule has 1 atom stereocenters. The molecule has 0 bridgehead atoms. The van der Waals surface area contributed by atoms with E-state index in [1.54, 1.807) is 0 Å². The van der Waals surface area contributed by atoms with Gasteiger partial charge in [0.2, 0.25) is 0 Å². The van der Waals surface area contributed by atoms with Gasteiger partial charge in [0.1, 0.15) is 11.3 Å². The van der Waals surface area contributed by atoms with Crippen LogP contribution < -0.4 is 5.73 Å². The molecule has 1 saturated carbocycles. The zero-order chi connectivity index (χ0) is 14.3. The number of likely N-dealkylation sites (N-methyl/N-ethyl adjacent to an activating group) is 1. The van der Waals surface area contributed by atoms with Crippen LogP contribution in [0.4, 0.5) is 0 Å². The van der Waals surface area contributed by atoms with E-state index in [0.717, 1.165) is 34.6 Å². The summed E-state index contributed by atoms with van der Waals surface area (Å²) in [6.45, 7) is 0. The molecule has 1 aliphatic carbocycles. The van der Waals surface area contributed by atoms with Gasteiger partial charge >= 0.3 is 0 Å². The van der Waals surface area contributed by atoms with Gasteiger partial charge in [0.25, 0.3) is 0 Å². The molecule has 1 fully saturated rings. The van der Waals surface area contributed by atoms with E-state index >= 15 is 0 Å². The highest BCUT2D eigenvalue weighted by atomic mass is 35.5. The van der Waals surface area contributed by atoms with Crippen molar-refractivity contribution in [1.29, 1.82) is 0 Å². The molecule has 0 radical (unpaired) electrons. The van der Waals surface area contributed by atoms with Crippen molar-refractivity contribution in [2.24, 2.45) is 5.73 Å². The quantitative estimate of drug-likeness (QED) is 0.931. The van der Waals surface area contributed by atoms with Crippen LogP contribution in [0.15, 0.2) is 28.7 Å². The van der Waals surface area contributed by atoms with Crippen LogP contribution in [0, 0.1) is 0 Å². The summed E-state index contributed by atoms with van der Waals surface area (Å²) in [5.41, 5.74) is 7.43.